The fourth-order valence-corrected chi connectivity index (χ4v) is 3.09. The summed E-state index contributed by atoms with van der Waals surface area (Å²) in [5.41, 5.74) is 2.15. The molecule has 0 aliphatic carbocycles. The van der Waals surface area contributed by atoms with Crippen molar-refractivity contribution in [3.05, 3.63) is 54.1 Å². The van der Waals surface area contributed by atoms with Gasteiger partial charge < -0.3 is 0 Å². The fourth-order valence-electron chi connectivity index (χ4n) is 3.09. The molecular formula is C20H24N2. The van der Waals surface area contributed by atoms with E-state index in [1.807, 2.05) is 0 Å². The van der Waals surface area contributed by atoms with Crippen molar-refractivity contribution in [2.45, 2.75) is 38.9 Å². The molecule has 2 aromatic carbocycles. The van der Waals surface area contributed by atoms with E-state index in [9.17, 15) is 0 Å². The van der Waals surface area contributed by atoms with Gasteiger partial charge in [0.2, 0.25) is 0 Å². The maximum Gasteiger partial charge on any atom is 0.108 e. The molecule has 0 amide bonds. The monoisotopic (exact) mass is 292 g/mol. The predicted molar refractivity (Wildman–Crippen MR) is 96.3 cm³/mol. The summed E-state index contributed by atoms with van der Waals surface area (Å²) in [6.07, 6.45) is 4.33. The normalized spacial score (nSPS) is 20.7. The third kappa shape index (κ3) is 2.48. The lowest BCUT2D eigenvalue weighted by Gasteiger charge is -2.36. The molecule has 0 N–H and O–H groups in total. The maximum atomic E-state index is 4.89. The highest BCUT2D eigenvalue weighted by Gasteiger charge is 2.43. The van der Waals surface area contributed by atoms with E-state index < -0.39 is 0 Å². The SMILES string of the molecule is CN1C(C)(C)N=C(/C=C/c2ccc3ccccc3c2)C1(C)C. The number of hydrogen-bond acceptors (Lipinski definition) is 2. The van der Waals surface area contributed by atoms with Crippen LogP contribution in [-0.4, -0.2) is 28.9 Å². The Morgan fingerprint density at radius 3 is 2.23 bits per heavy atom. The van der Waals surface area contributed by atoms with E-state index in [-0.39, 0.29) is 11.2 Å². The van der Waals surface area contributed by atoms with Crippen molar-refractivity contribution < 1.29 is 0 Å². The van der Waals surface area contributed by atoms with Gasteiger partial charge in [-0.25, -0.2) is 0 Å². The van der Waals surface area contributed by atoms with Crippen molar-refractivity contribution in [1.82, 2.24) is 4.90 Å². The first-order valence-corrected chi connectivity index (χ1v) is 7.82. The summed E-state index contributed by atoms with van der Waals surface area (Å²) in [5, 5.41) is 2.55. The van der Waals surface area contributed by atoms with Crippen molar-refractivity contribution in [3.8, 4) is 0 Å². The third-order valence-corrected chi connectivity index (χ3v) is 4.89. The average molecular weight is 292 g/mol. The molecule has 1 aliphatic rings. The summed E-state index contributed by atoms with van der Waals surface area (Å²) >= 11 is 0. The molecular weight excluding hydrogens is 268 g/mol. The smallest absolute Gasteiger partial charge is 0.108 e. The molecule has 2 aromatic rings. The van der Waals surface area contributed by atoms with Crippen LogP contribution in [0, 0.1) is 0 Å². The van der Waals surface area contributed by atoms with Gasteiger partial charge in [0, 0.05) is 0 Å². The summed E-state index contributed by atoms with van der Waals surface area (Å²) in [6, 6.07) is 15.0. The van der Waals surface area contributed by atoms with Crippen LogP contribution in [0.5, 0.6) is 0 Å². The lowest BCUT2D eigenvalue weighted by Crippen LogP contribution is -2.49. The first kappa shape index (κ1) is 15.0. The minimum atomic E-state index is -0.146. The quantitative estimate of drug-likeness (QED) is 0.779. The molecule has 2 nitrogen and oxygen atoms in total. The van der Waals surface area contributed by atoms with Crippen molar-refractivity contribution in [2.24, 2.45) is 4.99 Å². The Hall–Kier alpha value is -1.93. The van der Waals surface area contributed by atoms with E-state index in [0.29, 0.717) is 0 Å². The zero-order valence-electron chi connectivity index (χ0n) is 14.1. The Balaban J connectivity index is 1.93. The van der Waals surface area contributed by atoms with Crippen LogP contribution in [0.4, 0.5) is 0 Å². The van der Waals surface area contributed by atoms with E-state index in [2.05, 4.69) is 94.3 Å². The number of nitrogens with zero attached hydrogens (tertiary/aromatic N) is 2. The molecule has 1 aliphatic heterocycles. The Morgan fingerprint density at radius 1 is 0.909 bits per heavy atom. The number of rotatable bonds is 2. The molecule has 0 atom stereocenters. The molecule has 0 fully saturated rings. The molecule has 0 saturated heterocycles. The first-order chi connectivity index (χ1) is 10.3. The zero-order valence-corrected chi connectivity index (χ0v) is 14.1. The topological polar surface area (TPSA) is 15.6 Å². The minimum Gasteiger partial charge on any atom is -0.272 e. The van der Waals surface area contributed by atoms with E-state index in [0.717, 1.165) is 5.71 Å². The van der Waals surface area contributed by atoms with Crippen LogP contribution in [0.15, 0.2) is 53.5 Å². The summed E-state index contributed by atoms with van der Waals surface area (Å²) in [7, 11) is 2.14. The largest absolute Gasteiger partial charge is 0.272 e. The number of fused-ring (bicyclic) bond motifs is 1. The third-order valence-electron chi connectivity index (χ3n) is 4.89. The first-order valence-electron chi connectivity index (χ1n) is 7.82. The lowest BCUT2D eigenvalue weighted by molar-refractivity contribution is 0.120. The van der Waals surface area contributed by atoms with Crippen LogP contribution in [0.2, 0.25) is 0 Å². The molecule has 114 valence electrons. The van der Waals surface area contributed by atoms with Crippen LogP contribution >= 0.6 is 0 Å². The molecule has 0 aromatic heterocycles. The molecule has 3 rings (SSSR count). The molecule has 0 saturated carbocycles. The van der Waals surface area contributed by atoms with Crippen LogP contribution in [0.1, 0.15) is 33.3 Å². The highest BCUT2D eigenvalue weighted by molar-refractivity contribution is 6.06. The lowest BCUT2D eigenvalue weighted by atomic mass is 9.96. The fraction of sp³-hybridized carbons (Fsp3) is 0.350. The standard InChI is InChI=1S/C20H24N2/c1-19(2)18(21-20(3,4)22(19)5)13-11-15-10-12-16-8-6-7-9-17(16)14-15/h6-14H,1-5H3/b13-11+. The van der Waals surface area contributed by atoms with Gasteiger partial charge in [0.25, 0.3) is 0 Å². The van der Waals surface area contributed by atoms with E-state index >= 15 is 0 Å². The van der Waals surface area contributed by atoms with E-state index in [1.54, 1.807) is 0 Å². The van der Waals surface area contributed by atoms with Crippen molar-refractivity contribution in [1.29, 1.82) is 0 Å². The number of hydrogen-bond donors (Lipinski definition) is 0. The van der Waals surface area contributed by atoms with Gasteiger partial charge >= 0.3 is 0 Å². The minimum absolute atomic E-state index is 0.0448. The van der Waals surface area contributed by atoms with Crippen molar-refractivity contribution >= 4 is 22.6 Å². The van der Waals surface area contributed by atoms with Crippen molar-refractivity contribution in [3.63, 3.8) is 0 Å². The van der Waals surface area contributed by atoms with E-state index in [4.69, 9.17) is 4.99 Å². The second kappa shape index (κ2) is 5.06. The van der Waals surface area contributed by atoms with Crippen LogP contribution in [0.3, 0.4) is 0 Å². The van der Waals surface area contributed by atoms with Gasteiger partial charge in [-0.15, -0.1) is 0 Å². The Labute approximate surface area is 133 Å². The van der Waals surface area contributed by atoms with Gasteiger partial charge in [-0.05, 0) is 63.2 Å². The molecule has 22 heavy (non-hydrogen) atoms. The number of benzene rings is 2. The molecule has 0 spiro atoms. The van der Waals surface area contributed by atoms with Crippen LogP contribution < -0.4 is 0 Å². The zero-order chi connectivity index (χ0) is 16.0. The van der Waals surface area contributed by atoms with Crippen molar-refractivity contribution in [2.75, 3.05) is 7.05 Å². The highest BCUT2D eigenvalue weighted by atomic mass is 15.4. The summed E-state index contributed by atoms with van der Waals surface area (Å²) in [4.78, 5) is 7.21. The van der Waals surface area contributed by atoms with Gasteiger partial charge in [-0.3, -0.25) is 9.89 Å². The second-order valence-corrected chi connectivity index (χ2v) is 7.05. The van der Waals surface area contributed by atoms with E-state index in [1.165, 1.54) is 16.3 Å². The van der Waals surface area contributed by atoms with Crippen LogP contribution in [0.25, 0.3) is 16.8 Å². The summed E-state index contributed by atoms with van der Waals surface area (Å²) in [5.74, 6) is 0. The predicted octanol–water partition coefficient (Wildman–Crippen LogP) is 4.75. The van der Waals surface area contributed by atoms with Gasteiger partial charge in [0.15, 0.2) is 0 Å². The molecule has 0 unspecified atom stereocenters. The molecule has 0 radical (unpaired) electrons. The second-order valence-electron chi connectivity index (χ2n) is 7.05. The van der Waals surface area contributed by atoms with Gasteiger partial charge in [0.1, 0.15) is 5.66 Å². The summed E-state index contributed by atoms with van der Waals surface area (Å²) < 4.78 is 0. The molecule has 1 heterocycles. The molecule has 2 heteroatoms. The van der Waals surface area contributed by atoms with Gasteiger partial charge in [-0.1, -0.05) is 42.5 Å². The highest BCUT2D eigenvalue weighted by Crippen LogP contribution is 2.33. The summed E-state index contributed by atoms with van der Waals surface area (Å²) in [6.45, 7) is 8.77. The van der Waals surface area contributed by atoms with Crippen LogP contribution in [-0.2, 0) is 0 Å². The molecule has 0 bridgehead atoms. The Kier molecular flexibility index (Phi) is 3.45. The van der Waals surface area contributed by atoms with Gasteiger partial charge in [0.05, 0.1) is 11.3 Å². The number of aliphatic imine (C=N–C) groups is 1. The Morgan fingerprint density at radius 2 is 1.59 bits per heavy atom. The van der Waals surface area contributed by atoms with Gasteiger partial charge in [-0.2, -0.15) is 0 Å². The average Bonchev–Trinajstić information content (AvgIpc) is 2.64. The maximum absolute atomic E-state index is 4.89. The Bertz CT molecular complexity index is 766.